The molecule has 0 aliphatic carbocycles. The maximum absolute atomic E-state index is 12.2. The van der Waals surface area contributed by atoms with Gasteiger partial charge in [0.1, 0.15) is 11.6 Å². The number of anilines is 1. The topological polar surface area (TPSA) is 124 Å². The van der Waals surface area contributed by atoms with E-state index in [0.717, 1.165) is 5.56 Å². The lowest BCUT2D eigenvalue weighted by Crippen LogP contribution is -2.35. The molecule has 0 fully saturated rings. The molecule has 2 aromatic heterocycles. The first-order valence-corrected chi connectivity index (χ1v) is 9.07. The number of carbonyl (C=O) groups excluding carboxylic acids is 3. The van der Waals surface area contributed by atoms with Gasteiger partial charge in [0.25, 0.3) is 5.91 Å². The first-order valence-electron chi connectivity index (χ1n) is 9.07. The molecule has 30 heavy (non-hydrogen) atoms. The molecule has 0 saturated carbocycles. The number of pyridine rings is 1. The molecule has 3 aromatic rings. The number of fused-ring (bicyclic) bond motifs is 1. The highest BCUT2D eigenvalue weighted by Crippen LogP contribution is 2.24. The normalized spacial score (nSPS) is 10.5. The molecular weight excluding hydrogens is 390 g/mol. The lowest BCUT2D eigenvalue weighted by molar-refractivity contribution is -0.126. The molecule has 0 spiro atoms. The molecule has 10 nitrogen and oxygen atoms in total. The van der Waals surface area contributed by atoms with Crippen molar-refractivity contribution >= 4 is 29.1 Å². The minimum Gasteiger partial charge on any atom is -0.495 e. The quantitative estimate of drug-likeness (QED) is 0.561. The lowest BCUT2D eigenvalue weighted by atomic mass is 10.2. The Morgan fingerprint density at radius 1 is 1.07 bits per heavy atom. The largest absolute Gasteiger partial charge is 0.495 e. The molecule has 0 aliphatic heterocycles. The molecule has 1 aromatic carbocycles. The molecule has 2 amide bonds. The standard InChI is InChI=1S/C20H21N5O5/c1-12-4-6-16(29-3)15(8-12)22-18(26)9-21-19(27)11-30-20(28)14-5-7-17-24-23-13(2)25(17)10-14/h4-8,10H,9,11H2,1-3H3,(H,21,27)(H,22,26). The van der Waals surface area contributed by atoms with Gasteiger partial charge >= 0.3 is 5.97 Å². The summed E-state index contributed by atoms with van der Waals surface area (Å²) in [7, 11) is 1.50. The summed E-state index contributed by atoms with van der Waals surface area (Å²) in [6.07, 6.45) is 1.54. The van der Waals surface area contributed by atoms with Crippen molar-refractivity contribution in [2.24, 2.45) is 0 Å². The molecule has 2 heterocycles. The molecule has 10 heteroatoms. The van der Waals surface area contributed by atoms with Crippen LogP contribution < -0.4 is 15.4 Å². The fourth-order valence-electron chi connectivity index (χ4n) is 2.68. The van der Waals surface area contributed by atoms with Gasteiger partial charge in [0.15, 0.2) is 12.3 Å². The fraction of sp³-hybridized carbons (Fsp3) is 0.250. The van der Waals surface area contributed by atoms with Crippen molar-refractivity contribution in [3.05, 3.63) is 53.5 Å². The van der Waals surface area contributed by atoms with Crippen LogP contribution in [-0.2, 0) is 14.3 Å². The zero-order valence-corrected chi connectivity index (χ0v) is 16.8. The van der Waals surface area contributed by atoms with Gasteiger partial charge in [-0.2, -0.15) is 0 Å². The molecule has 2 N–H and O–H groups in total. The second kappa shape index (κ2) is 9.03. The number of nitrogens with zero attached hydrogens (tertiary/aromatic N) is 3. The lowest BCUT2D eigenvalue weighted by Gasteiger charge is -2.11. The van der Waals surface area contributed by atoms with Crippen molar-refractivity contribution in [3.8, 4) is 5.75 Å². The predicted octanol–water partition coefficient (Wildman–Crippen LogP) is 1.27. The number of rotatable bonds is 7. The summed E-state index contributed by atoms with van der Waals surface area (Å²) < 4.78 is 11.8. The third-order valence-electron chi connectivity index (χ3n) is 4.22. The van der Waals surface area contributed by atoms with Gasteiger partial charge in [0.2, 0.25) is 5.91 Å². The van der Waals surface area contributed by atoms with Gasteiger partial charge in [-0.15, -0.1) is 10.2 Å². The minimum atomic E-state index is -0.672. The van der Waals surface area contributed by atoms with Crippen LogP contribution in [0.4, 0.5) is 5.69 Å². The molecule has 156 valence electrons. The van der Waals surface area contributed by atoms with Crippen LogP contribution in [0, 0.1) is 13.8 Å². The van der Waals surface area contributed by atoms with Crippen molar-refractivity contribution in [3.63, 3.8) is 0 Å². The van der Waals surface area contributed by atoms with E-state index in [9.17, 15) is 14.4 Å². The van der Waals surface area contributed by atoms with Crippen LogP contribution in [0.3, 0.4) is 0 Å². The zero-order valence-electron chi connectivity index (χ0n) is 16.8. The van der Waals surface area contributed by atoms with E-state index in [1.807, 2.05) is 13.0 Å². The summed E-state index contributed by atoms with van der Waals surface area (Å²) in [5.74, 6) is -0.583. The number of aromatic nitrogens is 3. The first-order chi connectivity index (χ1) is 14.4. The van der Waals surface area contributed by atoms with Crippen LogP contribution in [0.25, 0.3) is 5.65 Å². The second-order valence-electron chi connectivity index (χ2n) is 6.50. The number of amides is 2. The fourth-order valence-corrected chi connectivity index (χ4v) is 2.68. The third-order valence-corrected chi connectivity index (χ3v) is 4.22. The van der Waals surface area contributed by atoms with Crippen LogP contribution in [0.2, 0.25) is 0 Å². The summed E-state index contributed by atoms with van der Waals surface area (Å²) in [6, 6.07) is 8.51. The Hall–Kier alpha value is -3.95. The Bertz CT molecular complexity index is 1110. The average molecular weight is 411 g/mol. The molecular formula is C20H21N5O5. The SMILES string of the molecule is COc1ccc(C)cc1NC(=O)CNC(=O)COC(=O)c1ccc2nnc(C)n2c1. The van der Waals surface area contributed by atoms with Gasteiger partial charge in [0.05, 0.1) is 24.9 Å². The maximum Gasteiger partial charge on any atom is 0.340 e. The van der Waals surface area contributed by atoms with Gasteiger partial charge in [0, 0.05) is 6.20 Å². The van der Waals surface area contributed by atoms with E-state index >= 15 is 0 Å². The van der Waals surface area contributed by atoms with E-state index in [-0.39, 0.29) is 12.1 Å². The Labute approximate surface area is 172 Å². The Morgan fingerprint density at radius 2 is 1.87 bits per heavy atom. The average Bonchev–Trinajstić information content (AvgIpc) is 3.11. The van der Waals surface area contributed by atoms with E-state index in [2.05, 4.69) is 20.8 Å². The van der Waals surface area contributed by atoms with Crippen LogP contribution in [-0.4, -0.2) is 52.6 Å². The van der Waals surface area contributed by atoms with Crippen molar-refractivity contribution in [1.29, 1.82) is 0 Å². The van der Waals surface area contributed by atoms with Gasteiger partial charge in [-0.05, 0) is 43.7 Å². The molecule has 0 aliphatic rings. The molecule has 0 saturated heterocycles. The van der Waals surface area contributed by atoms with E-state index in [1.165, 1.54) is 19.4 Å². The number of aryl methyl sites for hydroxylation is 2. The highest BCUT2D eigenvalue weighted by atomic mass is 16.5. The number of hydrogen-bond donors (Lipinski definition) is 2. The van der Waals surface area contributed by atoms with E-state index in [0.29, 0.717) is 22.9 Å². The molecule has 0 atom stereocenters. The predicted molar refractivity (Wildman–Crippen MR) is 107 cm³/mol. The molecule has 0 unspecified atom stereocenters. The van der Waals surface area contributed by atoms with Gasteiger partial charge < -0.3 is 20.1 Å². The van der Waals surface area contributed by atoms with Crippen molar-refractivity contribution in [1.82, 2.24) is 19.9 Å². The van der Waals surface area contributed by atoms with Gasteiger partial charge in [-0.3, -0.25) is 14.0 Å². The van der Waals surface area contributed by atoms with E-state index in [4.69, 9.17) is 9.47 Å². The van der Waals surface area contributed by atoms with Gasteiger partial charge in [-0.1, -0.05) is 6.07 Å². The van der Waals surface area contributed by atoms with Crippen molar-refractivity contribution in [2.45, 2.75) is 13.8 Å². The number of benzene rings is 1. The highest BCUT2D eigenvalue weighted by Gasteiger charge is 2.14. The van der Waals surface area contributed by atoms with Crippen LogP contribution in [0.1, 0.15) is 21.7 Å². The monoisotopic (exact) mass is 411 g/mol. The summed E-state index contributed by atoms with van der Waals surface area (Å²) in [5.41, 5.74) is 2.30. The number of esters is 1. The van der Waals surface area contributed by atoms with Crippen molar-refractivity contribution < 1.29 is 23.9 Å². The molecule has 3 rings (SSSR count). The minimum absolute atomic E-state index is 0.252. The van der Waals surface area contributed by atoms with Crippen LogP contribution in [0.15, 0.2) is 36.5 Å². The Kier molecular flexibility index (Phi) is 6.26. The summed E-state index contributed by atoms with van der Waals surface area (Å²) in [5, 5.41) is 12.9. The number of methoxy groups -OCH3 is 1. The number of hydrogen-bond acceptors (Lipinski definition) is 7. The summed E-state index contributed by atoms with van der Waals surface area (Å²) >= 11 is 0. The Balaban J connectivity index is 1.48. The van der Waals surface area contributed by atoms with E-state index in [1.54, 1.807) is 29.5 Å². The number of nitrogens with one attached hydrogen (secondary N) is 2. The van der Waals surface area contributed by atoms with Gasteiger partial charge in [-0.25, -0.2) is 4.79 Å². The zero-order chi connectivity index (χ0) is 21.7. The van der Waals surface area contributed by atoms with Crippen LogP contribution in [0.5, 0.6) is 5.75 Å². The smallest absolute Gasteiger partial charge is 0.340 e. The Morgan fingerprint density at radius 3 is 2.63 bits per heavy atom. The molecule has 0 radical (unpaired) electrons. The summed E-state index contributed by atoms with van der Waals surface area (Å²) in [4.78, 5) is 36.2. The third kappa shape index (κ3) is 4.90. The second-order valence-corrected chi connectivity index (χ2v) is 6.50. The summed E-state index contributed by atoms with van der Waals surface area (Å²) in [6.45, 7) is 2.84. The van der Waals surface area contributed by atoms with Crippen LogP contribution >= 0.6 is 0 Å². The maximum atomic E-state index is 12.2. The van der Waals surface area contributed by atoms with Crippen molar-refractivity contribution in [2.75, 3.05) is 25.6 Å². The van der Waals surface area contributed by atoms with E-state index < -0.39 is 24.4 Å². The number of carbonyl (C=O) groups is 3. The first kappa shape index (κ1) is 20.8. The highest BCUT2D eigenvalue weighted by molar-refractivity contribution is 5.96. The number of ether oxygens (including phenoxy) is 2. The molecule has 0 bridgehead atoms.